The number of carbonyl (C=O) groups is 3. The molecule has 3 aliphatic heterocycles. The number of alkyl halides is 3. The molecule has 280 valence electrons. The van der Waals surface area contributed by atoms with Crippen molar-refractivity contribution in [2.75, 3.05) is 17.2 Å². The molecule has 0 saturated carbocycles. The molecule has 3 heterocycles. The number of carbonyl (C=O) groups excluding carboxylic acids is 3. The number of ether oxygens (including phenoxy) is 1. The third-order valence-corrected chi connectivity index (χ3v) is 9.75. The number of anilines is 1. The first-order chi connectivity index (χ1) is 23.9. The van der Waals surface area contributed by atoms with Crippen molar-refractivity contribution in [2.24, 2.45) is 5.41 Å². The molecule has 0 atom stereocenters. The number of unbranched alkanes of at least 4 members (excludes halogenated alkanes) is 2. The van der Waals surface area contributed by atoms with E-state index in [0.717, 1.165) is 5.57 Å². The average Bonchev–Trinajstić information content (AvgIpc) is 3.29. The normalized spacial score (nSPS) is 17.4. The van der Waals surface area contributed by atoms with E-state index in [2.05, 4.69) is 6.58 Å². The van der Waals surface area contributed by atoms with Gasteiger partial charge >= 0.3 is 12.1 Å². The number of fused-ring (bicyclic) bond motifs is 3. The number of nitrogens with zero attached hydrogens (tertiary/aromatic N) is 2. The Labute approximate surface area is 301 Å². The molecule has 0 spiro atoms. The maximum atomic E-state index is 15.1. The average molecular weight is 745 g/mol. The van der Waals surface area contributed by atoms with Crippen LogP contribution in [0, 0.1) is 5.41 Å². The molecule has 10 nitrogen and oxygen atoms in total. The first-order valence-electron chi connectivity index (χ1n) is 17.0. The molecule has 1 saturated heterocycles. The Kier molecular flexibility index (Phi) is 10.3. The van der Waals surface area contributed by atoms with Gasteiger partial charge in [0.2, 0.25) is 0 Å². The Morgan fingerprint density at radius 2 is 1.67 bits per heavy atom. The molecule has 2 aromatic carbocycles. The summed E-state index contributed by atoms with van der Waals surface area (Å²) >= 11 is 0. The molecule has 52 heavy (non-hydrogen) atoms. The number of rotatable bonds is 10. The van der Waals surface area contributed by atoms with Gasteiger partial charge in [0.05, 0.1) is 11.1 Å². The van der Waals surface area contributed by atoms with Crippen LogP contribution in [0.3, 0.4) is 0 Å². The Hall–Kier alpha value is -4.43. The van der Waals surface area contributed by atoms with Crippen molar-refractivity contribution < 1.29 is 50.1 Å². The standard InChI is InChI=1S/C38H43F3N2O8S/c1-22-15-30-27(16-25(22)23(2)19-36(3,4)5)35(38(39,40)41)28-17-26-24(21-52(47,48)49)20-37(6,7)42(29(26)18-31(28)50-30)14-10-8-9-11-34(46)51-43-32(44)12-13-33(43)45/h15-20H,1,8-14,21H2,2-7H3,(H,47,48,49)/b23-19-. The zero-order chi connectivity index (χ0) is 38.6. The highest BCUT2D eigenvalue weighted by Gasteiger charge is 2.42. The summed E-state index contributed by atoms with van der Waals surface area (Å²) in [6.45, 7) is 15.8. The van der Waals surface area contributed by atoms with Gasteiger partial charge in [-0.3, -0.25) is 14.1 Å². The molecule has 1 N–H and O–H groups in total. The molecular formula is C38H43F3N2O8S. The van der Waals surface area contributed by atoms with Crippen molar-refractivity contribution in [1.82, 2.24) is 5.06 Å². The summed E-state index contributed by atoms with van der Waals surface area (Å²) < 4.78 is 85.6. The van der Waals surface area contributed by atoms with Crippen molar-refractivity contribution in [3.8, 4) is 11.5 Å². The highest BCUT2D eigenvalue weighted by molar-refractivity contribution is 7.86. The molecule has 5 rings (SSSR count). The van der Waals surface area contributed by atoms with E-state index < -0.39 is 50.9 Å². The fraction of sp³-hybridized carbons (Fsp3) is 0.447. The van der Waals surface area contributed by atoms with Crippen LogP contribution in [0.15, 0.2) is 36.4 Å². The minimum atomic E-state index is -4.83. The van der Waals surface area contributed by atoms with Crippen molar-refractivity contribution in [1.29, 1.82) is 0 Å². The van der Waals surface area contributed by atoms with Crippen LogP contribution in [-0.4, -0.2) is 59.8 Å². The van der Waals surface area contributed by atoms with Crippen LogP contribution in [0.2, 0.25) is 0 Å². The van der Waals surface area contributed by atoms with Gasteiger partial charge in [-0.2, -0.15) is 21.6 Å². The summed E-state index contributed by atoms with van der Waals surface area (Å²) in [7, 11) is -4.58. The van der Waals surface area contributed by atoms with E-state index in [4.69, 9.17) is 9.57 Å². The minimum absolute atomic E-state index is 0.0113. The molecule has 0 unspecified atom stereocenters. The third-order valence-electron chi connectivity index (χ3n) is 9.08. The van der Waals surface area contributed by atoms with Crippen LogP contribution in [0.5, 0.6) is 11.5 Å². The van der Waals surface area contributed by atoms with E-state index in [1.165, 1.54) is 24.3 Å². The number of hydroxylamine groups is 2. The number of hydrogen-bond acceptors (Lipinski definition) is 8. The predicted octanol–water partition coefficient (Wildman–Crippen LogP) is 6.45. The largest absolute Gasteiger partial charge is 0.456 e. The molecule has 14 heteroatoms. The van der Waals surface area contributed by atoms with Gasteiger partial charge in [0.15, 0.2) is 0 Å². The Morgan fingerprint density at radius 3 is 2.27 bits per heavy atom. The molecular weight excluding hydrogens is 701 g/mol. The first-order valence-corrected chi connectivity index (χ1v) is 18.6. The molecule has 2 amide bonds. The van der Waals surface area contributed by atoms with Crippen molar-refractivity contribution in [3.05, 3.63) is 63.5 Å². The highest BCUT2D eigenvalue weighted by atomic mass is 32.2. The quantitative estimate of drug-likeness (QED) is 0.166. The van der Waals surface area contributed by atoms with E-state index in [9.17, 15) is 27.4 Å². The summed E-state index contributed by atoms with van der Waals surface area (Å²) in [4.78, 5) is 42.6. The SMILES string of the molecule is C=c1cc2c(cc1/C(C)=C\C(C)(C)C)=C(C(F)(F)F)c1cc3c(cc1O2)N(CCCCCC(=O)ON1C(=O)CCC1=O)C(C)(C)C=C3CS(=O)(=O)O. The minimum Gasteiger partial charge on any atom is -0.456 e. The number of benzene rings is 2. The van der Waals surface area contributed by atoms with Crippen LogP contribution >= 0.6 is 0 Å². The Balaban J connectivity index is 1.52. The Bertz CT molecular complexity index is 2110. The van der Waals surface area contributed by atoms with Gasteiger partial charge in [-0.15, -0.1) is 5.06 Å². The smallest absolute Gasteiger partial charge is 0.417 e. The lowest BCUT2D eigenvalue weighted by Crippen LogP contribution is -2.46. The lowest BCUT2D eigenvalue weighted by atomic mass is 9.85. The van der Waals surface area contributed by atoms with E-state index >= 15 is 13.2 Å². The first kappa shape index (κ1) is 38.8. The lowest BCUT2D eigenvalue weighted by Gasteiger charge is -2.44. The van der Waals surface area contributed by atoms with Gasteiger partial charge in [0, 0.05) is 53.9 Å². The van der Waals surface area contributed by atoms with E-state index in [1.54, 1.807) is 6.08 Å². The molecule has 0 radical (unpaired) electrons. The number of hydrogen-bond donors (Lipinski definition) is 1. The zero-order valence-electron chi connectivity index (χ0n) is 30.1. The third kappa shape index (κ3) is 8.44. The van der Waals surface area contributed by atoms with E-state index in [-0.39, 0.29) is 58.1 Å². The fourth-order valence-corrected chi connectivity index (χ4v) is 7.66. The van der Waals surface area contributed by atoms with Crippen molar-refractivity contribution in [3.63, 3.8) is 0 Å². The van der Waals surface area contributed by atoms with Crippen molar-refractivity contribution in [2.45, 2.75) is 91.8 Å². The van der Waals surface area contributed by atoms with Crippen LogP contribution in [-0.2, 0) is 29.3 Å². The van der Waals surface area contributed by atoms with Gasteiger partial charge < -0.3 is 14.5 Å². The molecule has 0 aliphatic carbocycles. The van der Waals surface area contributed by atoms with Gasteiger partial charge in [0.1, 0.15) is 17.3 Å². The van der Waals surface area contributed by atoms with Gasteiger partial charge in [0.25, 0.3) is 21.9 Å². The summed E-state index contributed by atoms with van der Waals surface area (Å²) in [5.41, 5.74) is -0.275. The summed E-state index contributed by atoms with van der Waals surface area (Å²) in [6.07, 6.45) is 0.0641. The highest BCUT2D eigenvalue weighted by Crippen LogP contribution is 2.48. The number of amides is 2. The van der Waals surface area contributed by atoms with E-state index in [1.807, 2.05) is 52.5 Å². The van der Waals surface area contributed by atoms with Gasteiger partial charge in [-0.05, 0) is 79.2 Å². The topological polar surface area (TPSA) is 131 Å². The number of imide groups is 1. The van der Waals surface area contributed by atoms with Gasteiger partial charge in [-0.25, -0.2) is 4.79 Å². The van der Waals surface area contributed by atoms with Crippen molar-refractivity contribution >= 4 is 56.9 Å². The number of allylic oxidation sites excluding steroid dienone is 2. The zero-order valence-corrected chi connectivity index (χ0v) is 30.9. The second-order valence-electron chi connectivity index (χ2n) is 15.1. The molecule has 3 aliphatic rings. The summed E-state index contributed by atoms with van der Waals surface area (Å²) in [5.74, 6) is -2.76. The predicted molar refractivity (Wildman–Crippen MR) is 191 cm³/mol. The number of halogens is 3. The summed E-state index contributed by atoms with van der Waals surface area (Å²) in [6, 6.07) is 5.68. The molecule has 0 aromatic heterocycles. The Morgan fingerprint density at radius 1 is 1.02 bits per heavy atom. The van der Waals surface area contributed by atoms with Crippen LogP contribution in [0.25, 0.3) is 23.3 Å². The van der Waals surface area contributed by atoms with Crippen LogP contribution < -0.4 is 20.1 Å². The fourth-order valence-electron chi connectivity index (χ4n) is 7.03. The van der Waals surface area contributed by atoms with E-state index in [0.29, 0.717) is 47.3 Å². The second-order valence-corrected chi connectivity index (χ2v) is 16.5. The molecule has 2 aromatic rings. The summed E-state index contributed by atoms with van der Waals surface area (Å²) in [5, 5.41) is 0.814. The maximum absolute atomic E-state index is 15.1. The molecule has 1 fully saturated rings. The molecule has 0 bridgehead atoms. The lowest BCUT2D eigenvalue weighted by molar-refractivity contribution is -0.197. The van der Waals surface area contributed by atoms with Gasteiger partial charge in [-0.1, -0.05) is 45.9 Å². The van der Waals surface area contributed by atoms with Crippen LogP contribution in [0.4, 0.5) is 18.9 Å². The maximum Gasteiger partial charge on any atom is 0.417 e. The second kappa shape index (κ2) is 13.8. The monoisotopic (exact) mass is 744 g/mol. The van der Waals surface area contributed by atoms with Crippen LogP contribution in [0.1, 0.15) is 96.8 Å².